The van der Waals surface area contributed by atoms with Crippen LogP contribution in [0.4, 0.5) is 0 Å². The van der Waals surface area contributed by atoms with Gasteiger partial charge in [0.05, 0.1) is 17.2 Å². The van der Waals surface area contributed by atoms with Crippen molar-refractivity contribution in [3.8, 4) is 0 Å². The van der Waals surface area contributed by atoms with Crippen molar-refractivity contribution < 1.29 is 38.4 Å². The van der Waals surface area contributed by atoms with Gasteiger partial charge in [-0.3, -0.25) is 4.79 Å². The Labute approximate surface area is 183 Å². The van der Waals surface area contributed by atoms with Crippen LogP contribution in [0.5, 0.6) is 0 Å². The van der Waals surface area contributed by atoms with Crippen molar-refractivity contribution in [3.63, 3.8) is 0 Å². The first-order chi connectivity index (χ1) is 14.9. The minimum absolute atomic E-state index is 0.228. The topological polar surface area (TPSA) is 108 Å². The van der Waals surface area contributed by atoms with Gasteiger partial charge in [0.25, 0.3) is 0 Å². The largest absolute Gasteiger partial charge is 0.452 e. The number of benzene rings is 2. The highest BCUT2D eigenvalue weighted by Crippen LogP contribution is 2.29. The van der Waals surface area contributed by atoms with Crippen LogP contribution in [-0.4, -0.2) is 59.6 Å². The fourth-order valence-electron chi connectivity index (χ4n) is 3.13. The van der Waals surface area contributed by atoms with E-state index < -0.39 is 54.5 Å². The van der Waals surface area contributed by atoms with Crippen LogP contribution >= 0.6 is 11.6 Å². The number of hydrogen-bond acceptors (Lipinski definition) is 8. The Bertz CT molecular complexity index is 904. The van der Waals surface area contributed by atoms with Gasteiger partial charge in [-0.2, -0.15) is 0 Å². The summed E-state index contributed by atoms with van der Waals surface area (Å²) in [7, 11) is 0. The highest BCUT2D eigenvalue weighted by molar-refractivity contribution is 6.26. The summed E-state index contributed by atoms with van der Waals surface area (Å²) >= 11 is 5.51. The van der Waals surface area contributed by atoms with Crippen molar-refractivity contribution in [1.82, 2.24) is 0 Å². The molecule has 3 rings (SSSR count). The number of ether oxygens (including phenoxy) is 4. The number of alkyl halides is 1. The Morgan fingerprint density at radius 2 is 1.32 bits per heavy atom. The lowest BCUT2D eigenvalue weighted by atomic mass is 9.98. The summed E-state index contributed by atoms with van der Waals surface area (Å²) in [5.41, 5.74) is 0.495. The molecule has 0 bridgehead atoms. The van der Waals surface area contributed by atoms with Gasteiger partial charge in [0.2, 0.25) is 0 Å². The predicted molar refractivity (Wildman–Crippen MR) is 108 cm³/mol. The molecule has 1 saturated heterocycles. The molecule has 9 heteroatoms. The van der Waals surface area contributed by atoms with Crippen LogP contribution in [0.3, 0.4) is 0 Å². The summed E-state index contributed by atoms with van der Waals surface area (Å²) in [6.07, 6.45) is -6.46. The number of halogens is 1. The minimum atomic E-state index is -1.62. The second-order valence-corrected chi connectivity index (χ2v) is 7.06. The molecule has 1 aliphatic rings. The first kappa shape index (κ1) is 22.7. The van der Waals surface area contributed by atoms with Crippen LogP contribution < -0.4 is 0 Å². The van der Waals surface area contributed by atoms with E-state index >= 15 is 0 Å². The number of rotatable bonds is 6. The van der Waals surface area contributed by atoms with E-state index in [1.165, 1.54) is 19.1 Å². The molecule has 0 unspecified atom stereocenters. The Hall–Kier alpha value is -2.94. The molecule has 0 aliphatic carbocycles. The molecule has 0 radical (unpaired) electrons. The van der Waals surface area contributed by atoms with Crippen LogP contribution in [0.15, 0.2) is 60.7 Å². The quantitative estimate of drug-likeness (QED) is 0.407. The van der Waals surface area contributed by atoms with Crippen molar-refractivity contribution in [3.05, 3.63) is 71.8 Å². The fourth-order valence-corrected chi connectivity index (χ4v) is 3.19. The third kappa shape index (κ3) is 5.61. The van der Waals surface area contributed by atoms with Gasteiger partial charge in [-0.15, -0.1) is 11.6 Å². The van der Waals surface area contributed by atoms with Crippen LogP contribution in [0, 0.1) is 0 Å². The van der Waals surface area contributed by atoms with Crippen LogP contribution in [0.25, 0.3) is 0 Å². The minimum Gasteiger partial charge on any atom is -0.452 e. The molecule has 1 heterocycles. The lowest BCUT2D eigenvalue weighted by Gasteiger charge is -2.42. The van der Waals surface area contributed by atoms with E-state index in [0.717, 1.165) is 0 Å². The van der Waals surface area contributed by atoms with E-state index in [4.69, 9.17) is 30.5 Å². The van der Waals surface area contributed by atoms with Crippen molar-refractivity contribution in [2.24, 2.45) is 0 Å². The average molecular weight is 449 g/mol. The van der Waals surface area contributed by atoms with Gasteiger partial charge in [0.1, 0.15) is 5.88 Å². The van der Waals surface area contributed by atoms with Gasteiger partial charge in [0.15, 0.2) is 24.6 Å². The zero-order valence-corrected chi connectivity index (χ0v) is 17.3. The van der Waals surface area contributed by atoms with Gasteiger partial charge in [-0.25, -0.2) is 9.59 Å². The standard InChI is InChI=1S/C22H21ClO8/c1-13-17(30-20(25)14-8-4-2-5-9-14)18(19(22(27)28-13)29-16(24)12-23)31-21(26)15-10-6-3-7-11-15/h2-11,13,17-19,22,27H,12H2,1H3/t13-,17-,18+,19+,22+/m0/s1. The fraction of sp³-hybridized carbons (Fsp3) is 0.318. The molecule has 1 aliphatic heterocycles. The Balaban J connectivity index is 1.89. The lowest BCUT2D eigenvalue weighted by molar-refractivity contribution is -0.280. The predicted octanol–water partition coefficient (Wildman–Crippen LogP) is 2.33. The van der Waals surface area contributed by atoms with Gasteiger partial charge in [0, 0.05) is 0 Å². The second-order valence-electron chi connectivity index (χ2n) is 6.79. The number of carbonyl (C=O) groups excluding carboxylic acids is 3. The van der Waals surface area contributed by atoms with Crippen molar-refractivity contribution in [2.45, 2.75) is 37.6 Å². The summed E-state index contributed by atoms with van der Waals surface area (Å²) in [5.74, 6) is -2.80. The van der Waals surface area contributed by atoms with E-state index in [0.29, 0.717) is 0 Å². The second kappa shape index (κ2) is 10.4. The average Bonchev–Trinajstić information content (AvgIpc) is 2.79. The van der Waals surface area contributed by atoms with Gasteiger partial charge >= 0.3 is 17.9 Å². The van der Waals surface area contributed by atoms with Crippen LogP contribution in [-0.2, 0) is 23.7 Å². The first-order valence-electron chi connectivity index (χ1n) is 9.51. The summed E-state index contributed by atoms with van der Waals surface area (Å²) in [6, 6.07) is 16.3. The van der Waals surface area contributed by atoms with Crippen LogP contribution in [0.1, 0.15) is 27.6 Å². The van der Waals surface area contributed by atoms with E-state index in [1.807, 2.05) is 0 Å². The monoisotopic (exact) mass is 448 g/mol. The number of aliphatic hydroxyl groups excluding tert-OH is 1. The van der Waals surface area contributed by atoms with E-state index in [1.54, 1.807) is 48.5 Å². The molecule has 1 N–H and O–H groups in total. The van der Waals surface area contributed by atoms with Crippen molar-refractivity contribution in [2.75, 3.05) is 5.88 Å². The van der Waals surface area contributed by atoms with Gasteiger partial charge in [-0.1, -0.05) is 36.4 Å². The summed E-state index contributed by atoms with van der Waals surface area (Å²) < 4.78 is 21.6. The molecule has 5 atom stereocenters. The Morgan fingerprint density at radius 1 is 0.839 bits per heavy atom. The summed E-state index contributed by atoms with van der Waals surface area (Å²) in [4.78, 5) is 37.1. The normalized spacial score (nSPS) is 25.3. The highest BCUT2D eigenvalue weighted by atomic mass is 35.5. The number of aliphatic hydroxyl groups is 1. The number of hydrogen-bond donors (Lipinski definition) is 1. The van der Waals surface area contributed by atoms with Crippen LogP contribution in [0.2, 0.25) is 0 Å². The maximum absolute atomic E-state index is 12.7. The maximum atomic E-state index is 12.7. The zero-order chi connectivity index (χ0) is 22.4. The Morgan fingerprint density at radius 3 is 1.81 bits per heavy atom. The maximum Gasteiger partial charge on any atom is 0.338 e. The SMILES string of the molecule is C[C@@H]1O[C@@H](O)[C@H](OC(=O)CCl)[C@H](OC(=O)c2ccccc2)[C@H]1OC(=O)c1ccccc1. The first-order valence-corrected chi connectivity index (χ1v) is 10.0. The lowest BCUT2D eigenvalue weighted by Crippen LogP contribution is -2.60. The van der Waals surface area contributed by atoms with Crippen molar-refractivity contribution >= 4 is 29.5 Å². The van der Waals surface area contributed by atoms with Gasteiger partial charge in [-0.05, 0) is 31.2 Å². The molecule has 0 amide bonds. The molecular formula is C22H21ClO8. The Kier molecular flexibility index (Phi) is 7.62. The number of esters is 3. The molecule has 0 spiro atoms. The number of carbonyl (C=O) groups is 3. The molecule has 164 valence electrons. The molecule has 0 saturated carbocycles. The zero-order valence-electron chi connectivity index (χ0n) is 16.6. The smallest absolute Gasteiger partial charge is 0.338 e. The molecule has 31 heavy (non-hydrogen) atoms. The third-order valence-corrected chi connectivity index (χ3v) is 4.85. The molecule has 8 nitrogen and oxygen atoms in total. The third-order valence-electron chi connectivity index (χ3n) is 4.63. The molecular weight excluding hydrogens is 428 g/mol. The molecule has 2 aromatic rings. The van der Waals surface area contributed by atoms with E-state index in [-0.39, 0.29) is 11.1 Å². The van der Waals surface area contributed by atoms with Gasteiger partial charge < -0.3 is 24.1 Å². The molecule has 1 fully saturated rings. The summed E-state index contributed by atoms with van der Waals surface area (Å²) in [6.45, 7) is 1.54. The van der Waals surface area contributed by atoms with E-state index in [2.05, 4.69) is 0 Å². The molecule has 0 aromatic heterocycles. The molecule has 2 aromatic carbocycles. The van der Waals surface area contributed by atoms with Crippen molar-refractivity contribution in [1.29, 1.82) is 0 Å². The van der Waals surface area contributed by atoms with E-state index in [9.17, 15) is 19.5 Å². The summed E-state index contributed by atoms with van der Waals surface area (Å²) in [5, 5.41) is 10.3. The highest BCUT2D eigenvalue weighted by Gasteiger charge is 2.50.